The van der Waals surface area contributed by atoms with Gasteiger partial charge in [-0.3, -0.25) is 0 Å². The minimum absolute atomic E-state index is 0.0753. The van der Waals surface area contributed by atoms with Gasteiger partial charge in [0.15, 0.2) is 0 Å². The van der Waals surface area contributed by atoms with Gasteiger partial charge >= 0.3 is 0 Å². The number of hydrogen-bond acceptors (Lipinski definition) is 3. The van der Waals surface area contributed by atoms with Crippen molar-refractivity contribution in [1.29, 1.82) is 0 Å². The summed E-state index contributed by atoms with van der Waals surface area (Å²) in [6.07, 6.45) is 0. The third-order valence-electron chi connectivity index (χ3n) is 5.19. The molecule has 5 N–H and O–H groups in total. The summed E-state index contributed by atoms with van der Waals surface area (Å²) in [6, 6.07) is 33.9. The molecule has 0 fully saturated rings. The van der Waals surface area contributed by atoms with Crippen molar-refractivity contribution >= 4 is 11.4 Å². The first-order valence-electron chi connectivity index (χ1n) is 9.18. The van der Waals surface area contributed by atoms with Crippen molar-refractivity contribution in [3.05, 3.63) is 125 Å². The van der Waals surface area contributed by atoms with E-state index in [0.717, 1.165) is 22.3 Å². The minimum Gasteiger partial charge on any atom is -0.506 e. The molecule has 28 heavy (non-hydrogen) atoms. The van der Waals surface area contributed by atoms with Crippen molar-refractivity contribution in [1.82, 2.24) is 0 Å². The number of benzene rings is 4. The van der Waals surface area contributed by atoms with Crippen molar-refractivity contribution in [2.24, 2.45) is 0 Å². The van der Waals surface area contributed by atoms with E-state index in [9.17, 15) is 5.11 Å². The SMILES string of the molecule is Nc1cccc(C(c2ccccc2)(c2ccccc2)c2ccc(O)c(N)c2)c1. The van der Waals surface area contributed by atoms with Crippen LogP contribution in [0.3, 0.4) is 0 Å². The molecule has 4 aromatic rings. The maximum atomic E-state index is 10.0. The highest BCUT2D eigenvalue weighted by molar-refractivity contribution is 5.65. The van der Waals surface area contributed by atoms with Crippen LogP contribution in [0.5, 0.6) is 5.75 Å². The Bertz CT molecular complexity index is 1050. The zero-order valence-corrected chi connectivity index (χ0v) is 15.4. The van der Waals surface area contributed by atoms with Gasteiger partial charge in [0.05, 0.1) is 11.1 Å². The van der Waals surface area contributed by atoms with Gasteiger partial charge in [-0.1, -0.05) is 78.9 Å². The molecular formula is C25H22N2O. The normalized spacial score (nSPS) is 11.3. The Morgan fingerprint density at radius 3 is 1.61 bits per heavy atom. The number of anilines is 2. The lowest BCUT2D eigenvalue weighted by atomic mass is 9.65. The predicted molar refractivity (Wildman–Crippen MR) is 115 cm³/mol. The fourth-order valence-electron chi connectivity index (χ4n) is 3.94. The number of nitrogen functional groups attached to an aromatic ring is 2. The van der Waals surface area contributed by atoms with Crippen molar-refractivity contribution in [3.8, 4) is 5.75 Å². The maximum absolute atomic E-state index is 10.0. The molecule has 0 spiro atoms. The Balaban J connectivity index is 2.16. The van der Waals surface area contributed by atoms with Crippen LogP contribution in [0.25, 0.3) is 0 Å². The van der Waals surface area contributed by atoms with Gasteiger partial charge in [0.25, 0.3) is 0 Å². The van der Waals surface area contributed by atoms with Crippen molar-refractivity contribution in [3.63, 3.8) is 0 Å². The molecule has 0 saturated heterocycles. The molecule has 3 nitrogen and oxygen atoms in total. The van der Waals surface area contributed by atoms with E-state index in [0.29, 0.717) is 11.4 Å². The zero-order chi connectivity index (χ0) is 19.6. The maximum Gasteiger partial charge on any atom is 0.138 e. The van der Waals surface area contributed by atoms with Crippen LogP contribution >= 0.6 is 0 Å². The molecule has 0 heterocycles. The summed E-state index contributed by atoms with van der Waals surface area (Å²) in [5, 5.41) is 10.0. The molecule has 0 aliphatic heterocycles. The average molecular weight is 366 g/mol. The van der Waals surface area contributed by atoms with Crippen molar-refractivity contribution in [2.45, 2.75) is 5.41 Å². The first kappa shape index (κ1) is 17.7. The Morgan fingerprint density at radius 1 is 0.536 bits per heavy atom. The van der Waals surface area contributed by atoms with E-state index in [1.807, 2.05) is 66.7 Å². The quantitative estimate of drug-likeness (QED) is 0.272. The molecule has 138 valence electrons. The largest absolute Gasteiger partial charge is 0.506 e. The third kappa shape index (κ3) is 2.87. The van der Waals surface area contributed by atoms with Gasteiger partial charge in [0.1, 0.15) is 5.75 Å². The highest BCUT2D eigenvalue weighted by atomic mass is 16.3. The van der Waals surface area contributed by atoms with Gasteiger partial charge in [-0.2, -0.15) is 0 Å². The topological polar surface area (TPSA) is 72.3 Å². The molecule has 0 radical (unpaired) electrons. The average Bonchev–Trinajstić information content (AvgIpc) is 2.73. The lowest BCUT2D eigenvalue weighted by Gasteiger charge is -2.37. The standard InChI is InChI=1S/C25H22N2O/c26-22-13-7-12-20(16-22)25(18-8-3-1-4-9-18,19-10-5-2-6-11-19)21-14-15-24(28)23(27)17-21/h1-17,28H,26-27H2. The van der Waals surface area contributed by atoms with Gasteiger partial charge in [-0.25, -0.2) is 0 Å². The minimum atomic E-state index is -0.625. The summed E-state index contributed by atoms with van der Waals surface area (Å²) in [7, 11) is 0. The fourth-order valence-corrected chi connectivity index (χ4v) is 3.94. The van der Waals surface area contributed by atoms with Crippen LogP contribution in [0, 0.1) is 0 Å². The lowest BCUT2D eigenvalue weighted by Crippen LogP contribution is -2.31. The summed E-state index contributed by atoms with van der Waals surface area (Å²) < 4.78 is 0. The Labute approximate surface area is 164 Å². The van der Waals surface area contributed by atoms with Crippen LogP contribution < -0.4 is 11.5 Å². The van der Waals surface area contributed by atoms with Crippen LogP contribution in [0.1, 0.15) is 22.3 Å². The number of phenols is 1. The van der Waals surface area contributed by atoms with E-state index in [2.05, 4.69) is 30.3 Å². The molecule has 4 aromatic carbocycles. The summed E-state index contributed by atoms with van der Waals surface area (Å²) in [6.45, 7) is 0. The lowest BCUT2D eigenvalue weighted by molar-refractivity contribution is 0.477. The fraction of sp³-hybridized carbons (Fsp3) is 0.0400. The third-order valence-corrected chi connectivity index (χ3v) is 5.19. The Kier molecular flexibility index (Phi) is 4.50. The van der Waals surface area contributed by atoms with Gasteiger partial charge in [-0.05, 0) is 46.5 Å². The smallest absolute Gasteiger partial charge is 0.138 e. The summed E-state index contributed by atoms with van der Waals surface area (Å²) >= 11 is 0. The van der Waals surface area contributed by atoms with Gasteiger partial charge in [0, 0.05) is 5.69 Å². The second-order valence-electron chi connectivity index (χ2n) is 6.88. The number of aromatic hydroxyl groups is 1. The van der Waals surface area contributed by atoms with Crippen LogP contribution in [0.15, 0.2) is 103 Å². The van der Waals surface area contributed by atoms with Crippen LogP contribution in [0.4, 0.5) is 11.4 Å². The van der Waals surface area contributed by atoms with Gasteiger partial charge in [0.2, 0.25) is 0 Å². The summed E-state index contributed by atoms with van der Waals surface area (Å²) in [5.74, 6) is 0.0753. The number of hydrogen-bond donors (Lipinski definition) is 3. The molecule has 0 unspecified atom stereocenters. The zero-order valence-electron chi connectivity index (χ0n) is 15.4. The van der Waals surface area contributed by atoms with Crippen LogP contribution in [-0.4, -0.2) is 5.11 Å². The van der Waals surface area contributed by atoms with Crippen molar-refractivity contribution in [2.75, 3.05) is 11.5 Å². The molecule has 0 aliphatic carbocycles. The van der Waals surface area contributed by atoms with Crippen molar-refractivity contribution < 1.29 is 5.11 Å². The molecular weight excluding hydrogens is 344 g/mol. The first-order valence-corrected chi connectivity index (χ1v) is 9.18. The number of rotatable bonds is 4. The van der Waals surface area contributed by atoms with E-state index in [4.69, 9.17) is 11.5 Å². The molecule has 0 aromatic heterocycles. The van der Waals surface area contributed by atoms with Gasteiger partial charge < -0.3 is 16.6 Å². The van der Waals surface area contributed by atoms with E-state index in [1.165, 1.54) is 0 Å². The Morgan fingerprint density at radius 2 is 1.07 bits per heavy atom. The van der Waals surface area contributed by atoms with E-state index >= 15 is 0 Å². The highest BCUT2D eigenvalue weighted by Gasteiger charge is 2.38. The number of phenolic OH excluding ortho intramolecular Hbond substituents is 1. The van der Waals surface area contributed by atoms with E-state index in [1.54, 1.807) is 6.07 Å². The second-order valence-corrected chi connectivity index (χ2v) is 6.88. The van der Waals surface area contributed by atoms with Crippen LogP contribution in [0.2, 0.25) is 0 Å². The molecule has 0 saturated carbocycles. The molecule has 0 amide bonds. The molecule has 0 bridgehead atoms. The highest BCUT2D eigenvalue weighted by Crippen LogP contribution is 2.46. The molecule has 0 atom stereocenters. The van der Waals surface area contributed by atoms with E-state index in [-0.39, 0.29) is 5.75 Å². The monoisotopic (exact) mass is 366 g/mol. The first-order chi connectivity index (χ1) is 13.6. The van der Waals surface area contributed by atoms with Gasteiger partial charge in [-0.15, -0.1) is 0 Å². The number of nitrogens with two attached hydrogens (primary N) is 2. The van der Waals surface area contributed by atoms with Crippen LogP contribution in [-0.2, 0) is 5.41 Å². The summed E-state index contributed by atoms with van der Waals surface area (Å²) in [4.78, 5) is 0. The molecule has 4 rings (SSSR count). The van der Waals surface area contributed by atoms with E-state index < -0.39 is 5.41 Å². The summed E-state index contributed by atoms with van der Waals surface area (Å²) in [5.41, 5.74) is 16.9. The molecule has 3 heteroatoms. The molecule has 0 aliphatic rings. The Hall–Kier alpha value is -3.72. The second kappa shape index (κ2) is 7.12. The predicted octanol–water partition coefficient (Wildman–Crippen LogP) is 4.94.